The van der Waals surface area contributed by atoms with E-state index in [-0.39, 0.29) is 11.9 Å². The Morgan fingerprint density at radius 2 is 2.06 bits per heavy atom. The smallest absolute Gasteiger partial charge is 0.251 e. The Morgan fingerprint density at radius 1 is 1.35 bits per heavy atom. The number of rotatable bonds is 2. The summed E-state index contributed by atoms with van der Waals surface area (Å²) in [6, 6.07) is 4.50. The molecule has 3 rings (SSSR count). The summed E-state index contributed by atoms with van der Waals surface area (Å²) < 4.78 is 13.7. The Morgan fingerprint density at radius 3 is 2.71 bits per heavy atom. The van der Waals surface area contributed by atoms with Gasteiger partial charge in [-0.2, -0.15) is 0 Å². The quantitative estimate of drug-likeness (QED) is 0.869. The zero-order valence-electron chi connectivity index (χ0n) is 9.04. The Bertz CT molecular complexity index is 449. The largest absolute Gasteiger partial charge is 0.349 e. The van der Waals surface area contributed by atoms with Crippen molar-refractivity contribution in [2.45, 2.75) is 6.04 Å². The molecule has 1 heterocycles. The van der Waals surface area contributed by atoms with Crippen LogP contribution in [0.1, 0.15) is 10.4 Å². The molecule has 2 unspecified atom stereocenters. The van der Waals surface area contributed by atoms with Crippen LogP contribution in [0.4, 0.5) is 4.39 Å². The molecular formula is C12H12BrFN2O. The molecule has 90 valence electrons. The van der Waals surface area contributed by atoms with Gasteiger partial charge in [0, 0.05) is 29.2 Å². The number of nitrogens with one attached hydrogen (secondary N) is 2. The molecule has 1 aromatic carbocycles. The minimum Gasteiger partial charge on any atom is -0.349 e. The van der Waals surface area contributed by atoms with Gasteiger partial charge >= 0.3 is 0 Å². The summed E-state index contributed by atoms with van der Waals surface area (Å²) in [7, 11) is 0. The molecule has 2 atom stereocenters. The van der Waals surface area contributed by atoms with Crippen LogP contribution < -0.4 is 10.6 Å². The van der Waals surface area contributed by atoms with E-state index in [4.69, 9.17) is 0 Å². The van der Waals surface area contributed by atoms with Gasteiger partial charge in [-0.05, 0) is 30.0 Å². The molecule has 2 fully saturated rings. The molecule has 1 saturated carbocycles. The van der Waals surface area contributed by atoms with Crippen LogP contribution in [0.2, 0.25) is 0 Å². The molecular weight excluding hydrogens is 287 g/mol. The monoisotopic (exact) mass is 298 g/mol. The summed E-state index contributed by atoms with van der Waals surface area (Å²) in [5.41, 5.74) is 0.370. The summed E-state index contributed by atoms with van der Waals surface area (Å²) in [5.74, 6) is 0.540. The van der Waals surface area contributed by atoms with Crippen molar-refractivity contribution in [1.29, 1.82) is 0 Å². The molecule has 1 amide bonds. The van der Waals surface area contributed by atoms with Gasteiger partial charge in [0.2, 0.25) is 0 Å². The number of carbonyl (C=O) groups excluding carboxylic acids is 1. The van der Waals surface area contributed by atoms with E-state index in [1.807, 2.05) is 0 Å². The lowest BCUT2D eigenvalue weighted by Crippen LogP contribution is -2.32. The summed E-state index contributed by atoms with van der Waals surface area (Å²) >= 11 is 3.18. The highest BCUT2D eigenvalue weighted by Gasteiger charge is 2.53. The molecule has 2 aliphatic rings. The normalized spacial score (nSPS) is 29.9. The third-order valence-electron chi connectivity index (χ3n) is 3.51. The first-order valence-electron chi connectivity index (χ1n) is 5.63. The third-order valence-corrected chi connectivity index (χ3v) is 3.97. The van der Waals surface area contributed by atoms with Crippen LogP contribution in [0.25, 0.3) is 0 Å². The topological polar surface area (TPSA) is 41.1 Å². The van der Waals surface area contributed by atoms with Crippen LogP contribution in [0.15, 0.2) is 22.7 Å². The molecule has 2 N–H and O–H groups in total. The minimum absolute atomic E-state index is 0.190. The van der Waals surface area contributed by atoms with Crippen LogP contribution in [-0.4, -0.2) is 25.0 Å². The van der Waals surface area contributed by atoms with Gasteiger partial charge in [-0.1, -0.05) is 15.9 Å². The number of carbonyl (C=O) groups is 1. The maximum Gasteiger partial charge on any atom is 0.251 e. The van der Waals surface area contributed by atoms with Gasteiger partial charge in [-0.15, -0.1) is 0 Å². The number of piperidine rings is 1. The number of benzene rings is 1. The van der Waals surface area contributed by atoms with Crippen molar-refractivity contribution >= 4 is 21.8 Å². The molecule has 5 heteroatoms. The average Bonchev–Trinajstić information content (AvgIpc) is 2.73. The standard InChI is InChI=1S/C12H12BrFN2O/c13-7-1-6(2-8(14)3-7)12(17)16-11-9-4-15-5-10(9)11/h1-3,9-11,15H,4-5H2,(H,16,17). The van der Waals surface area contributed by atoms with Crippen molar-refractivity contribution in [3.8, 4) is 0 Å². The van der Waals surface area contributed by atoms with Gasteiger partial charge in [-0.3, -0.25) is 4.79 Å². The van der Waals surface area contributed by atoms with Gasteiger partial charge < -0.3 is 10.6 Å². The van der Waals surface area contributed by atoms with Crippen molar-refractivity contribution in [3.05, 3.63) is 34.1 Å². The van der Waals surface area contributed by atoms with Gasteiger partial charge in [-0.25, -0.2) is 4.39 Å². The first-order valence-corrected chi connectivity index (χ1v) is 6.42. The van der Waals surface area contributed by atoms with Crippen LogP contribution in [-0.2, 0) is 0 Å². The summed E-state index contributed by atoms with van der Waals surface area (Å²) in [6.07, 6.45) is 0. The van der Waals surface area contributed by atoms with E-state index >= 15 is 0 Å². The predicted molar refractivity (Wildman–Crippen MR) is 65.2 cm³/mol. The maximum atomic E-state index is 13.2. The Kier molecular flexibility index (Phi) is 2.67. The highest BCUT2D eigenvalue weighted by molar-refractivity contribution is 9.10. The van der Waals surface area contributed by atoms with Crippen LogP contribution in [0.3, 0.4) is 0 Å². The number of fused-ring (bicyclic) bond motifs is 1. The number of hydrogen-bond donors (Lipinski definition) is 2. The van der Waals surface area contributed by atoms with E-state index in [0.717, 1.165) is 13.1 Å². The minimum atomic E-state index is -0.401. The number of hydrogen-bond acceptors (Lipinski definition) is 2. The predicted octanol–water partition coefficient (Wildman–Crippen LogP) is 1.54. The van der Waals surface area contributed by atoms with Gasteiger partial charge in [0.1, 0.15) is 5.82 Å². The second-order valence-corrected chi connectivity index (χ2v) is 5.56. The fraction of sp³-hybridized carbons (Fsp3) is 0.417. The molecule has 17 heavy (non-hydrogen) atoms. The fourth-order valence-electron chi connectivity index (χ4n) is 2.55. The van der Waals surface area contributed by atoms with Crippen molar-refractivity contribution in [1.82, 2.24) is 10.6 Å². The van der Waals surface area contributed by atoms with Gasteiger partial charge in [0.05, 0.1) is 0 Å². The maximum absolute atomic E-state index is 13.2. The van der Waals surface area contributed by atoms with Gasteiger partial charge in [0.25, 0.3) is 5.91 Å². The summed E-state index contributed by atoms with van der Waals surface area (Å²) in [6.45, 7) is 1.95. The van der Waals surface area contributed by atoms with Crippen molar-refractivity contribution in [2.24, 2.45) is 11.8 Å². The lowest BCUT2D eigenvalue weighted by Gasteiger charge is -2.08. The molecule has 0 radical (unpaired) electrons. The van der Waals surface area contributed by atoms with Crippen molar-refractivity contribution < 1.29 is 9.18 Å². The van der Waals surface area contributed by atoms with Crippen molar-refractivity contribution in [2.75, 3.05) is 13.1 Å². The number of halogens is 2. The lowest BCUT2D eigenvalue weighted by molar-refractivity contribution is 0.0946. The zero-order chi connectivity index (χ0) is 12.0. The molecule has 1 aromatic rings. The van der Waals surface area contributed by atoms with Gasteiger partial charge in [0.15, 0.2) is 0 Å². The molecule has 0 spiro atoms. The van der Waals surface area contributed by atoms with Crippen LogP contribution in [0.5, 0.6) is 0 Å². The second-order valence-electron chi connectivity index (χ2n) is 4.64. The van der Waals surface area contributed by atoms with E-state index in [2.05, 4.69) is 26.6 Å². The van der Waals surface area contributed by atoms with Crippen molar-refractivity contribution in [3.63, 3.8) is 0 Å². The Balaban J connectivity index is 1.69. The Hall–Kier alpha value is -0.940. The Labute approximate surface area is 107 Å². The van der Waals surface area contributed by atoms with E-state index in [0.29, 0.717) is 21.9 Å². The molecule has 1 aliphatic carbocycles. The molecule has 3 nitrogen and oxygen atoms in total. The molecule has 1 saturated heterocycles. The summed E-state index contributed by atoms with van der Waals surface area (Å²) in [5, 5.41) is 6.22. The van der Waals surface area contributed by atoms with E-state index in [1.54, 1.807) is 6.07 Å². The van der Waals surface area contributed by atoms with Crippen LogP contribution in [0, 0.1) is 17.7 Å². The number of amides is 1. The zero-order valence-corrected chi connectivity index (χ0v) is 10.6. The molecule has 0 bridgehead atoms. The van der Waals surface area contributed by atoms with Crippen LogP contribution >= 0.6 is 15.9 Å². The molecule has 1 aliphatic heterocycles. The van der Waals surface area contributed by atoms with E-state index < -0.39 is 5.82 Å². The SMILES string of the molecule is O=C(NC1C2CNCC21)c1cc(F)cc(Br)c1. The fourth-order valence-corrected chi connectivity index (χ4v) is 3.02. The second kappa shape index (κ2) is 4.07. The summed E-state index contributed by atoms with van der Waals surface area (Å²) in [4.78, 5) is 11.9. The third kappa shape index (κ3) is 2.09. The highest BCUT2D eigenvalue weighted by Crippen LogP contribution is 2.41. The average molecular weight is 299 g/mol. The first-order chi connectivity index (χ1) is 8.15. The molecule has 0 aromatic heterocycles. The lowest BCUT2D eigenvalue weighted by atomic mass is 10.2. The highest BCUT2D eigenvalue weighted by atomic mass is 79.9. The van der Waals surface area contributed by atoms with E-state index in [9.17, 15) is 9.18 Å². The van der Waals surface area contributed by atoms with E-state index in [1.165, 1.54) is 12.1 Å². The first kappa shape index (κ1) is 11.2.